The lowest BCUT2D eigenvalue weighted by Crippen LogP contribution is -2.37. The Morgan fingerprint density at radius 2 is 2.00 bits per heavy atom. The van der Waals surface area contributed by atoms with Crippen LogP contribution in [-0.4, -0.2) is 35.0 Å². The molecule has 4 nitrogen and oxygen atoms in total. The van der Waals surface area contributed by atoms with E-state index in [-0.39, 0.29) is 5.91 Å². The van der Waals surface area contributed by atoms with Crippen molar-refractivity contribution in [3.05, 3.63) is 35.9 Å². The second-order valence-electron chi connectivity index (χ2n) is 4.94. The molecular weight excluding hydrogens is 230 g/mol. The molecule has 1 saturated heterocycles. The SMILES string of the molecule is CC(=O)N1CCC(Cc2ccccc2)(C(=O)O)C1. The molecule has 1 fully saturated rings. The van der Waals surface area contributed by atoms with Crippen molar-refractivity contribution in [3.63, 3.8) is 0 Å². The minimum absolute atomic E-state index is 0.0498. The smallest absolute Gasteiger partial charge is 0.311 e. The first kappa shape index (κ1) is 12.6. The number of carboxylic acid groups (broad SMARTS) is 1. The Morgan fingerprint density at radius 1 is 1.33 bits per heavy atom. The van der Waals surface area contributed by atoms with E-state index in [9.17, 15) is 14.7 Å². The molecule has 1 aromatic rings. The number of carboxylic acids is 1. The molecule has 1 aliphatic heterocycles. The lowest BCUT2D eigenvalue weighted by Gasteiger charge is -2.24. The molecule has 4 heteroatoms. The summed E-state index contributed by atoms with van der Waals surface area (Å²) in [6, 6.07) is 9.58. The number of carbonyl (C=O) groups excluding carboxylic acids is 1. The first-order valence-corrected chi connectivity index (χ1v) is 6.06. The summed E-state index contributed by atoms with van der Waals surface area (Å²) in [4.78, 5) is 24.5. The van der Waals surface area contributed by atoms with Crippen LogP contribution >= 0.6 is 0 Å². The summed E-state index contributed by atoms with van der Waals surface area (Å²) in [7, 11) is 0. The zero-order chi connectivity index (χ0) is 13.2. The topological polar surface area (TPSA) is 57.6 Å². The van der Waals surface area contributed by atoms with Gasteiger partial charge in [0.25, 0.3) is 0 Å². The monoisotopic (exact) mass is 247 g/mol. The van der Waals surface area contributed by atoms with Crippen LogP contribution in [0.1, 0.15) is 18.9 Å². The van der Waals surface area contributed by atoms with E-state index in [0.717, 1.165) is 5.56 Å². The van der Waals surface area contributed by atoms with Gasteiger partial charge in [-0.05, 0) is 18.4 Å². The van der Waals surface area contributed by atoms with Crippen molar-refractivity contribution in [1.29, 1.82) is 0 Å². The van der Waals surface area contributed by atoms with Gasteiger partial charge in [-0.25, -0.2) is 0 Å². The van der Waals surface area contributed by atoms with Gasteiger partial charge in [0.2, 0.25) is 5.91 Å². The van der Waals surface area contributed by atoms with Gasteiger partial charge in [-0.15, -0.1) is 0 Å². The van der Waals surface area contributed by atoms with E-state index in [4.69, 9.17) is 0 Å². The van der Waals surface area contributed by atoms with Crippen molar-refractivity contribution < 1.29 is 14.7 Å². The normalized spacial score (nSPS) is 23.1. The van der Waals surface area contributed by atoms with Gasteiger partial charge in [-0.1, -0.05) is 30.3 Å². The highest BCUT2D eigenvalue weighted by atomic mass is 16.4. The number of amides is 1. The number of likely N-dealkylation sites (tertiary alicyclic amines) is 1. The lowest BCUT2D eigenvalue weighted by atomic mass is 9.81. The van der Waals surface area contributed by atoms with Crippen LogP contribution < -0.4 is 0 Å². The zero-order valence-corrected chi connectivity index (χ0v) is 10.4. The van der Waals surface area contributed by atoms with Crippen LogP contribution in [0.4, 0.5) is 0 Å². The van der Waals surface area contributed by atoms with Gasteiger partial charge in [0.05, 0.1) is 5.41 Å². The van der Waals surface area contributed by atoms with Gasteiger partial charge in [-0.2, -0.15) is 0 Å². The molecule has 1 atom stereocenters. The molecule has 0 aliphatic carbocycles. The van der Waals surface area contributed by atoms with Crippen LogP contribution in [0, 0.1) is 5.41 Å². The molecule has 0 spiro atoms. The predicted octanol–water partition coefficient (Wildman–Crippen LogP) is 1.55. The molecule has 1 heterocycles. The van der Waals surface area contributed by atoms with Crippen LogP contribution in [0.15, 0.2) is 30.3 Å². The van der Waals surface area contributed by atoms with Crippen LogP contribution in [0.25, 0.3) is 0 Å². The lowest BCUT2D eigenvalue weighted by molar-refractivity contribution is -0.148. The van der Waals surface area contributed by atoms with E-state index in [1.165, 1.54) is 6.92 Å². The molecule has 1 aromatic carbocycles. The molecule has 1 unspecified atom stereocenters. The van der Waals surface area contributed by atoms with Crippen molar-refractivity contribution in [1.82, 2.24) is 4.90 Å². The summed E-state index contributed by atoms with van der Waals surface area (Å²) in [5, 5.41) is 9.49. The number of benzene rings is 1. The molecule has 1 aliphatic rings. The third-order valence-corrected chi connectivity index (χ3v) is 3.64. The Hall–Kier alpha value is -1.84. The second-order valence-corrected chi connectivity index (χ2v) is 4.94. The molecular formula is C14H17NO3. The van der Waals surface area contributed by atoms with Crippen molar-refractivity contribution in [3.8, 4) is 0 Å². The maximum absolute atomic E-state index is 11.6. The first-order chi connectivity index (χ1) is 8.53. The quantitative estimate of drug-likeness (QED) is 0.881. The largest absolute Gasteiger partial charge is 0.481 e. The number of hydrogen-bond donors (Lipinski definition) is 1. The number of carbonyl (C=O) groups is 2. The highest BCUT2D eigenvalue weighted by Gasteiger charge is 2.45. The number of nitrogens with zero attached hydrogens (tertiary/aromatic N) is 1. The maximum atomic E-state index is 11.6. The van der Waals surface area contributed by atoms with E-state index >= 15 is 0 Å². The fourth-order valence-corrected chi connectivity index (χ4v) is 2.52. The Kier molecular flexibility index (Phi) is 3.36. The number of aliphatic carboxylic acids is 1. The molecule has 0 radical (unpaired) electrons. The Balaban J connectivity index is 2.19. The maximum Gasteiger partial charge on any atom is 0.311 e. The molecule has 18 heavy (non-hydrogen) atoms. The molecule has 0 aromatic heterocycles. The van der Waals surface area contributed by atoms with E-state index in [1.54, 1.807) is 4.90 Å². The summed E-state index contributed by atoms with van der Waals surface area (Å²) in [5.74, 6) is -0.860. The third kappa shape index (κ3) is 2.37. The van der Waals surface area contributed by atoms with Gasteiger partial charge in [-0.3, -0.25) is 9.59 Å². The summed E-state index contributed by atoms with van der Waals surface area (Å²) in [6.07, 6.45) is 1.00. The van der Waals surface area contributed by atoms with E-state index < -0.39 is 11.4 Å². The van der Waals surface area contributed by atoms with Gasteiger partial charge >= 0.3 is 5.97 Å². The van der Waals surface area contributed by atoms with Gasteiger partial charge in [0.1, 0.15) is 0 Å². The molecule has 1 amide bonds. The Bertz CT molecular complexity index is 457. The van der Waals surface area contributed by atoms with E-state index in [2.05, 4.69) is 0 Å². The number of hydrogen-bond acceptors (Lipinski definition) is 2. The van der Waals surface area contributed by atoms with Crippen molar-refractivity contribution in [2.24, 2.45) is 5.41 Å². The average Bonchev–Trinajstić information content (AvgIpc) is 2.76. The van der Waals surface area contributed by atoms with Crippen molar-refractivity contribution in [2.75, 3.05) is 13.1 Å². The molecule has 0 bridgehead atoms. The Labute approximate surface area is 106 Å². The van der Waals surface area contributed by atoms with Crippen LogP contribution in [0.3, 0.4) is 0 Å². The number of rotatable bonds is 3. The summed E-state index contributed by atoms with van der Waals surface area (Å²) >= 11 is 0. The minimum atomic E-state index is -0.826. The van der Waals surface area contributed by atoms with Gasteiger partial charge in [0.15, 0.2) is 0 Å². The molecule has 1 N–H and O–H groups in total. The summed E-state index contributed by atoms with van der Waals surface area (Å²) < 4.78 is 0. The standard InChI is InChI=1S/C14H17NO3/c1-11(16)15-8-7-14(10-15,13(17)18)9-12-5-3-2-4-6-12/h2-6H,7-10H2,1H3,(H,17,18). The van der Waals surface area contributed by atoms with E-state index in [1.807, 2.05) is 30.3 Å². The summed E-state index contributed by atoms with van der Waals surface area (Å²) in [6.45, 7) is 2.33. The Morgan fingerprint density at radius 3 is 2.50 bits per heavy atom. The highest BCUT2D eigenvalue weighted by molar-refractivity contribution is 5.79. The summed E-state index contributed by atoms with van der Waals surface area (Å²) in [5.41, 5.74) is 0.179. The van der Waals surface area contributed by atoms with Crippen LogP contribution in [-0.2, 0) is 16.0 Å². The van der Waals surface area contributed by atoms with Crippen LogP contribution in [0.5, 0.6) is 0 Å². The van der Waals surface area contributed by atoms with Gasteiger partial charge in [0, 0.05) is 20.0 Å². The first-order valence-electron chi connectivity index (χ1n) is 6.06. The second kappa shape index (κ2) is 4.80. The molecule has 0 saturated carbocycles. The fourth-order valence-electron chi connectivity index (χ4n) is 2.52. The molecule has 96 valence electrons. The third-order valence-electron chi connectivity index (χ3n) is 3.64. The highest BCUT2D eigenvalue weighted by Crippen LogP contribution is 2.34. The zero-order valence-electron chi connectivity index (χ0n) is 10.4. The van der Waals surface area contributed by atoms with E-state index in [0.29, 0.717) is 25.9 Å². The van der Waals surface area contributed by atoms with Crippen LogP contribution in [0.2, 0.25) is 0 Å². The minimum Gasteiger partial charge on any atom is -0.481 e. The fraction of sp³-hybridized carbons (Fsp3) is 0.429. The molecule has 2 rings (SSSR count). The van der Waals surface area contributed by atoms with Crippen molar-refractivity contribution >= 4 is 11.9 Å². The van der Waals surface area contributed by atoms with Gasteiger partial charge < -0.3 is 10.0 Å². The average molecular weight is 247 g/mol. The predicted molar refractivity (Wildman–Crippen MR) is 67.1 cm³/mol. The van der Waals surface area contributed by atoms with Crippen molar-refractivity contribution in [2.45, 2.75) is 19.8 Å².